The number of carbonyl (C=O) groups excluding carboxylic acids is 1. The Bertz CT molecular complexity index is 1110. The maximum absolute atomic E-state index is 12.5. The molecule has 0 aliphatic carbocycles. The lowest BCUT2D eigenvalue weighted by molar-refractivity contribution is 0.0747. The molecule has 0 saturated carbocycles. The van der Waals surface area contributed by atoms with Gasteiger partial charge in [-0.15, -0.1) is 0 Å². The second-order valence-electron chi connectivity index (χ2n) is 6.76. The molecule has 0 aliphatic heterocycles. The zero-order valence-corrected chi connectivity index (χ0v) is 15.3. The first kappa shape index (κ1) is 17.2. The lowest BCUT2D eigenvalue weighted by Gasteiger charge is -2.13. The zero-order chi connectivity index (χ0) is 19.0. The highest BCUT2D eigenvalue weighted by Gasteiger charge is 2.19. The van der Waals surface area contributed by atoms with Crippen molar-refractivity contribution in [2.45, 2.75) is 20.0 Å². The number of carbonyl (C=O) groups is 1. The number of aliphatic hydroxyl groups excluding tert-OH is 1. The number of aryl methyl sites for hydroxylation is 2. The van der Waals surface area contributed by atoms with E-state index in [2.05, 4.69) is 21.7 Å². The molecule has 0 aliphatic rings. The van der Waals surface area contributed by atoms with E-state index in [1.165, 1.54) is 0 Å². The molecule has 0 amide bonds. The van der Waals surface area contributed by atoms with Gasteiger partial charge < -0.3 is 9.67 Å². The second-order valence-corrected chi connectivity index (χ2v) is 6.76. The Morgan fingerprint density at radius 2 is 1.70 bits per heavy atom. The summed E-state index contributed by atoms with van der Waals surface area (Å²) in [6.45, 7) is 4.06. The van der Waals surface area contributed by atoms with Gasteiger partial charge in [-0.2, -0.15) is 0 Å². The highest BCUT2D eigenvalue weighted by molar-refractivity contribution is 5.99. The van der Waals surface area contributed by atoms with Gasteiger partial charge in [-0.1, -0.05) is 42.5 Å². The molecule has 2 aromatic carbocycles. The van der Waals surface area contributed by atoms with Gasteiger partial charge in [0.1, 0.15) is 6.10 Å². The van der Waals surface area contributed by atoms with Gasteiger partial charge in [0.25, 0.3) is 0 Å². The number of hydrogen-bond acceptors (Lipinski definition) is 3. The van der Waals surface area contributed by atoms with Crippen molar-refractivity contribution in [3.63, 3.8) is 0 Å². The number of rotatable bonds is 4. The van der Waals surface area contributed by atoms with Crippen LogP contribution in [0.5, 0.6) is 0 Å². The van der Waals surface area contributed by atoms with Crippen LogP contribution in [-0.4, -0.2) is 20.4 Å². The molecule has 134 valence electrons. The van der Waals surface area contributed by atoms with E-state index in [-0.39, 0.29) is 5.78 Å². The van der Waals surface area contributed by atoms with Crippen LogP contribution in [0, 0.1) is 13.8 Å². The number of hydrogen-bond donors (Lipinski definition) is 1. The summed E-state index contributed by atoms with van der Waals surface area (Å²) in [5, 5.41) is 10.5. The number of pyridine rings is 1. The molecule has 0 radical (unpaired) electrons. The van der Waals surface area contributed by atoms with Crippen LogP contribution in [-0.2, 0) is 0 Å². The fourth-order valence-electron chi connectivity index (χ4n) is 3.37. The van der Waals surface area contributed by atoms with Crippen LogP contribution in [0.1, 0.15) is 33.3 Å². The molecule has 4 aromatic rings. The van der Waals surface area contributed by atoms with Crippen molar-refractivity contribution >= 4 is 16.8 Å². The normalized spacial score (nSPS) is 12.3. The van der Waals surface area contributed by atoms with Gasteiger partial charge in [0.15, 0.2) is 5.78 Å². The first-order valence-electron chi connectivity index (χ1n) is 8.87. The van der Waals surface area contributed by atoms with Crippen LogP contribution in [0.2, 0.25) is 0 Å². The molecule has 0 bridgehead atoms. The largest absolute Gasteiger partial charge is 0.380 e. The number of benzene rings is 2. The summed E-state index contributed by atoms with van der Waals surface area (Å²) in [6.07, 6.45) is 0.689. The Balaban J connectivity index is 1.68. The molecule has 4 nitrogen and oxygen atoms in total. The topological polar surface area (TPSA) is 55.1 Å². The summed E-state index contributed by atoms with van der Waals surface area (Å²) in [6, 6.07) is 20.5. The molecule has 1 N–H and O–H groups in total. The smallest absolute Gasteiger partial charge is 0.195 e. The van der Waals surface area contributed by atoms with Gasteiger partial charge in [0.05, 0.1) is 11.0 Å². The lowest BCUT2D eigenvalue weighted by Crippen LogP contribution is -2.12. The SMILES string of the molecule is Cc1cnc2cc(C)n(-c3ccc(C(O)C(=O)c4ccccc4)cc3)c2c1. The minimum Gasteiger partial charge on any atom is -0.380 e. The van der Waals surface area contributed by atoms with Crippen LogP contribution < -0.4 is 0 Å². The van der Waals surface area contributed by atoms with Crippen LogP contribution in [0.4, 0.5) is 0 Å². The second kappa shape index (κ2) is 6.82. The monoisotopic (exact) mass is 356 g/mol. The summed E-state index contributed by atoms with van der Waals surface area (Å²) >= 11 is 0. The highest BCUT2D eigenvalue weighted by Crippen LogP contribution is 2.25. The Kier molecular flexibility index (Phi) is 4.34. The van der Waals surface area contributed by atoms with Crippen molar-refractivity contribution in [3.05, 3.63) is 95.3 Å². The maximum atomic E-state index is 12.5. The number of Topliss-reactive ketones (excluding diaryl/α,β-unsaturated/α-hetero) is 1. The van der Waals surface area contributed by atoms with E-state index in [0.29, 0.717) is 11.1 Å². The van der Waals surface area contributed by atoms with Gasteiger partial charge in [-0.05, 0) is 49.2 Å². The first-order valence-corrected chi connectivity index (χ1v) is 8.87. The minimum absolute atomic E-state index is 0.300. The van der Waals surface area contributed by atoms with Gasteiger partial charge in [0, 0.05) is 23.1 Å². The third kappa shape index (κ3) is 3.15. The van der Waals surface area contributed by atoms with Gasteiger partial charge in [-0.3, -0.25) is 9.78 Å². The molecular formula is C23H20N2O2. The molecule has 2 aromatic heterocycles. The van der Waals surface area contributed by atoms with Crippen LogP contribution >= 0.6 is 0 Å². The van der Waals surface area contributed by atoms with E-state index in [9.17, 15) is 9.90 Å². The third-order valence-corrected chi connectivity index (χ3v) is 4.75. The average Bonchev–Trinajstić information content (AvgIpc) is 3.02. The molecule has 4 rings (SSSR count). The van der Waals surface area contributed by atoms with E-state index < -0.39 is 6.10 Å². The third-order valence-electron chi connectivity index (χ3n) is 4.75. The molecule has 1 unspecified atom stereocenters. The molecule has 0 spiro atoms. The molecule has 2 heterocycles. The minimum atomic E-state index is -1.17. The predicted octanol–water partition coefficient (Wildman–Crippen LogP) is 4.56. The van der Waals surface area contributed by atoms with Crippen molar-refractivity contribution in [2.24, 2.45) is 0 Å². The summed E-state index contributed by atoms with van der Waals surface area (Å²) in [4.78, 5) is 16.9. The van der Waals surface area contributed by atoms with Crippen LogP contribution in [0.25, 0.3) is 16.7 Å². The number of aliphatic hydroxyl groups is 1. The van der Waals surface area contributed by atoms with Crippen molar-refractivity contribution in [1.29, 1.82) is 0 Å². The Morgan fingerprint density at radius 3 is 2.41 bits per heavy atom. The number of aromatic nitrogens is 2. The van der Waals surface area contributed by atoms with E-state index in [0.717, 1.165) is 28.0 Å². The standard InChI is InChI=1S/C23H20N2O2/c1-15-12-21-20(24-14-15)13-16(2)25(21)19-10-8-18(9-11-19)23(27)22(26)17-6-4-3-5-7-17/h3-14,23,27H,1-2H3. The van der Waals surface area contributed by atoms with E-state index in [1.807, 2.05) is 38.2 Å². The summed E-state index contributed by atoms with van der Waals surface area (Å²) < 4.78 is 2.13. The van der Waals surface area contributed by atoms with Crippen molar-refractivity contribution in [1.82, 2.24) is 9.55 Å². The summed E-state index contributed by atoms with van der Waals surface area (Å²) in [7, 11) is 0. The predicted molar refractivity (Wildman–Crippen MR) is 106 cm³/mol. The van der Waals surface area contributed by atoms with Crippen LogP contribution in [0.15, 0.2) is 72.9 Å². The number of fused-ring (bicyclic) bond motifs is 1. The van der Waals surface area contributed by atoms with Crippen LogP contribution in [0.3, 0.4) is 0 Å². The lowest BCUT2D eigenvalue weighted by atomic mass is 10.00. The first-order chi connectivity index (χ1) is 13.0. The van der Waals surface area contributed by atoms with E-state index in [4.69, 9.17) is 0 Å². The van der Waals surface area contributed by atoms with Gasteiger partial charge in [0.2, 0.25) is 0 Å². The van der Waals surface area contributed by atoms with Gasteiger partial charge in [-0.25, -0.2) is 0 Å². The fourth-order valence-corrected chi connectivity index (χ4v) is 3.37. The summed E-state index contributed by atoms with van der Waals surface area (Å²) in [5.74, 6) is -0.300. The Labute approximate surface area is 157 Å². The molecule has 0 fully saturated rings. The highest BCUT2D eigenvalue weighted by atomic mass is 16.3. The molecule has 0 saturated heterocycles. The number of ketones is 1. The Hall–Kier alpha value is -3.24. The molecule has 1 atom stereocenters. The fraction of sp³-hybridized carbons (Fsp3) is 0.130. The van der Waals surface area contributed by atoms with E-state index in [1.54, 1.807) is 36.4 Å². The average molecular weight is 356 g/mol. The van der Waals surface area contributed by atoms with E-state index >= 15 is 0 Å². The van der Waals surface area contributed by atoms with Gasteiger partial charge >= 0.3 is 0 Å². The molecule has 27 heavy (non-hydrogen) atoms. The molecule has 4 heteroatoms. The Morgan fingerprint density at radius 1 is 1.00 bits per heavy atom. The van der Waals surface area contributed by atoms with Crippen molar-refractivity contribution < 1.29 is 9.90 Å². The van der Waals surface area contributed by atoms with Crippen molar-refractivity contribution in [2.75, 3.05) is 0 Å². The quantitative estimate of drug-likeness (QED) is 0.546. The zero-order valence-electron chi connectivity index (χ0n) is 15.3. The maximum Gasteiger partial charge on any atom is 0.195 e. The molecular weight excluding hydrogens is 336 g/mol. The van der Waals surface area contributed by atoms with Crippen molar-refractivity contribution in [3.8, 4) is 5.69 Å². The summed E-state index contributed by atoms with van der Waals surface area (Å²) in [5.41, 5.74) is 6.22. The number of nitrogens with zero attached hydrogens (tertiary/aromatic N) is 2.